The van der Waals surface area contributed by atoms with Gasteiger partial charge in [-0.3, -0.25) is 4.79 Å². The monoisotopic (exact) mass is 632 g/mol. The maximum Gasteiger partial charge on any atom is 0.264 e. The number of hydrogen-bond acceptors (Lipinski definition) is 7. The first kappa shape index (κ1) is 30.5. The number of carbonyl (C=O) groups excluding carboxylic acids is 1. The van der Waals surface area contributed by atoms with Crippen molar-refractivity contribution in [3.05, 3.63) is 144 Å². The van der Waals surface area contributed by atoms with E-state index in [0.29, 0.717) is 39.4 Å². The molecule has 1 amide bonds. The molecule has 232 valence electrons. The Kier molecular flexibility index (Phi) is 8.54. The van der Waals surface area contributed by atoms with Gasteiger partial charge in [0.1, 0.15) is 6.26 Å². The number of amides is 1. The van der Waals surface area contributed by atoms with E-state index in [0.717, 1.165) is 11.1 Å². The number of nitrogens with one attached hydrogen (secondary N) is 1. The van der Waals surface area contributed by atoms with Gasteiger partial charge in [-0.2, -0.15) is 0 Å². The standard InChI is InChI=1S/C36H32N4O5S/c1-24-25(2)38-45-34(24)39-46(42,43)32-17-11-10-16-31(32)30-19-18-28(35-37-20-21-44-35)22-29(30)23-40(3)36(41)33(26-12-6-4-7-13-26)27-14-8-5-9-15-27/h4-22,33,39H,23H2,1-3H3. The number of aryl methyl sites for hydroxylation is 1. The molecule has 0 spiro atoms. The van der Waals surface area contributed by atoms with E-state index in [1.54, 1.807) is 50.2 Å². The normalized spacial score (nSPS) is 11.5. The van der Waals surface area contributed by atoms with Crippen LogP contribution in [0.4, 0.5) is 5.88 Å². The predicted octanol–water partition coefficient (Wildman–Crippen LogP) is 7.20. The predicted molar refractivity (Wildman–Crippen MR) is 175 cm³/mol. The van der Waals surface area contributed by atoms with Gasteiger partial charge >= 0.3 is 0 Å². The van der Waals surface area contributed by atoms with Gasteiger partial charge in [-0.1, -0.05) is 90.1 Å². The van der Waals surface area contributed by atoms with Crippen LogP contribution in [0.15, 0.2) is 129 Å². The highest BCUT2D eigenvalue weighted by molar-refractivity contribution is 7.92. The lowest BCUT2D eigenvalue weighted by atomic mass is 9.89. The van der Waals surface area contributed by atoms with Crippen molar-refractivity contribution >= 4 is 21.8 Å². The fraction of sp³-hybridized carbons (Fsp3) is 0.139. The number of anilines is 1. The fourth-order valence-corrected chi connectivity index (χ4v) is 6.69. The second-order valence-corrected chi connectivity index (χ2v) is 12.6. The molecule has 9 nitrogen and oxygen atoms in total. The Morgan fingerprint density at radius 3 is 2.13 bits per heavy atom. The van der Waals surface area contributed by atoms with Gasteiger partial charge in [0.05, 0.1) is 22.7 Å². The summed E-state index contributed by atoms with van der Waals surface area (Å²) in [5.41, 5.74) is 5.44. The van der Waals surface area contributed by atoms with Gasteiger partial charge in [-0.05, 0) is 54.3 Å². The average Bonchev–Trinajstić information content (AvgIpc) is 3.72. The van der Waals surface area contributed by atoms with Crippen molar-refractivity contribution in [3.8, 4) is 22.6 Å². The lowest BCUT2D eigenvalue weighted by Crippen LogP contribution is -2.32. The number of carbonyl (C=O) groups is 1. The van der Waals surface area contributed by atoms with Gasteiger partial charge in [0, 0.05) is 30.3 Å². The maximum absolute atomic E-state index is 14.2. The van der Waals surface area contributed by atoms with E-state index in [2.05, 4.69) is 14.9 Å². The molecule has 10 heteroatoms. The van der Waals surface area contributed by atoms with Crippen molar-refractivity contribution in [1.82, 2.24) is 15.0 Å². The van der Waals surface area contributed by atoms with Crippen molar-refractivity contribution in [3.63, 3.8) is 0 Å². The van der Waals surface area contributed by atoms with E-state index in [-0.39, 0.29) is 23.2 Å². The van der Waals surface area contributed by atoms with Crippen LogP contribution < -0.4 is 4.72 Å². The molecule has 0 radical (unpaired) electrons. The third-order valence-corrected chi connectivity index (χ3v) is 9.32. The number of nitrogens with zero attached hydrogens (tertiary/aromatic N) is 3. The molecule has 4 aromatic carbocycles. The molecule has 0 aliphatic rings. The maximum atomic E-state index is 14.2. The molecular weight excluding hydrogens is 600 g/mol. The third-order valence-electron chi connectivity index (χ3n) is 7.93. The van der Waals surface area contributed by atoms with E-state index >= 15 is 0 Å². The highest BCUT2D eigenvalue weighted by Gasteiger charge is 2.28. The summed E-state index contributed by atoms with van der Waals surface area (Å²) in [6, 6.07) is 31.6. The first-order chi connectivity index (χ1) is 22.2. The van der Waals surface area contributed by atoms with Crippen molar-refractivity contribution in [2.75, 3.05) is 11.8 Å². The Labute approximate surface area is 267 Å². The molecule has 0 saturated heterocycles. The van der Waals surface area contributed by atoms with Crippen LogP contribution in [0, 0.1) is 13.8 Å². The molecular formula is C36H32N4O5S. The average molecular weight is 633 g/mol. The van der Waals surface area contributed by atoms with Gasteiger partial charge < -0.3 is 13.8 Å². The number of benzene rings is 4. The zero-order chi connectivity index (χ0) is 32.3. The van der Waals surface area contributed by atoms with Crippen LogP contribution in [0.5, 0.6) is 0 Å². The van der Waals surface area contributed by atoms with Crippen LogP contribution in [0.3, 0.4) is 0 Å². The topological polar surface area (TPSA) is 119 Å². The van der Waals surface area contributed by atoms with E-state index in [1.165, 1.54) is 12.3 Å². The third kappa shape index (κ3) is 6.20. The van der Waals surface area contributed by atoms with Gasteiger partial charge in [0.25, 0.3) is 10.0 Å². The Hall–Kier alpha value is -5.48. The Morgan fingerprint density at radius 1 is 0.870 bits per heavy atom. The summed E-state index contributed by atoms with van der Waals surface area (Å²) in [7, 11) is -2.34. The summed E-state index contributed by atoms with van der Waals surface area (Å²) in [6.07, 6.45) is 3.05. The number of rotatable bonds is 10. The molecule has 1 N–H and O–H groups in total. The zero-order valence-electron chi connectivity index (χ0n) is 25.5. The van der Waals surface area contributed by atoms with Gasteiger partial charge in [0.15, 0.2) is 0 Å². The number of hydrogen-bond donors (Lipinski definition) is 1. The summed E-state index contributed by atoms with van der Waals surface area (Å²) in [6.45, 7) is 3.66. The summed E-state index contributed by atoms with van der Waals surface area (Å²) >= 11 is 0. The Balaban J connectivity index is 1.42. The minimum absolute atomic E-state index is 0.0500. The minimum atomic E-state index is -4.10. The minimum Gasteiger partial charge on any atom is -0.445 e. The molecule has 6 aromatic rings. The van der Waals surface area contributed by atoms with E-state index in [4.69, 9.17) is 8.94 Å². The van der Waals surface area contributed by atoms with Crippen LogP contribution in [0.25, 0.3) is 22.6 Å². The smallest absolute Gasteiger partial charge is 0.264 e. The lowest BCUT2D eigenvalue weighted by Gasteiger charge is -2.26. The first-order valence-electron chi connectivity index (χ1n) is 14.7. The molecule has 0 fully saturated rings. The van der Waals surface area contributed by atoms with Gasteiger partial charge in [0.2, 0.25) is 17.7 Å². The Bertz CT molecular complexity index is 2040. The number of sulfonamides is 1. The number of likely N-dealkylation sites (N-methyl/N-ethyl adjacent to an activating group) is 1. The van der Waals surface area contributed by atoms with Crippen molar-refractivity contribution in [2.24, 2.45) is 0 Å². The molecule has 46 heavy (non-hydrogen) atoms. The number of aromatic nitrogens is 2. The highest BCUT2D eigenvalue weighted by Crippen LogP contribution is 2.35. The zero-order valence-corrected chi connectivity index (χ0v) is 26.4. The second kappa shape index (κ2) is 12.9. The SMILES string of the molecule is Cc1noc(NS(=O)(=O)c2ccccc2-c2ccc(-c3ncco3)cc2CN(C)C(=O)C(c2ccccc2)c2ccccc2)c1C. The van der Waals surface area contributed by atoms with Crippen molar-refractivity contribution < 1.29 is 22.2 Å². The second-order valence-electron chi connectivity index (χ2n) is 11.0. The molecule has 0 aliphatic carbocycles. The van der Waals surface area contributed by atoms with Gasteiger partial charge in [-0.25, -0.2) is 18.1 Å². The molecule has 0 bridgehead atoms. The summed E-state index contributed by atoms with van der Waals surface area (Å²) in [5, 5.41) is 3.88. The molecule has 0 aliphatic heterocycles. The molecule has 2 heterocycles. The van der Waals surface area contributed by atoms with Crippen LogP contribution in [-0.2, 0) is 21.4 Å². The molecule has 0 saturated carbocycles. The number of oxazole rings is 1. The molecule has 0 atom stereocenters. The largest absolute Gasteiger partial charge is 0.445 e. The fourth-order valence-electron chi connectivity index (χ4n) is 5.42. The Morgan fingerprint density at radius 2 is 1.52 bits per heavy atom. The van der Waals surface area contributed by atoms with Crippen LogP contribution in [0.2, 0.25) is 0 Å². The summed E-state index contributed by atoms with van der Waals surface area (Å²) < 4.78 is 40.9. The van der Waals surface area contributed by atoms with E-state index in [1.807, 2.05) is 78.9 Å². The van der Waals surface area contributed by atoms with E-state index in [9.17, 15) is 13.2 Å². The van der Waals surface area contributed by atoms with Crippen LogP contribution in [-0.4, -0.2) is 36.4 Å². The van der Waals surface area contributed by atoms with E-state index < -0.39 is 15.9 Å². The lowest BCUT2D eigenvalue weighted by molar-refractivity contribution is -0.131. The first-order valence-corrected chi connectivity index (χ1v) is 16.1. The van der Waals surface area contributed by atoms with Gasteiger partial charge in [-0.15, -0.1) is 0 Å². The van der Waals surface area contributed by atoms with Crippen LogP contribution >= 0.6 is 0 Å². The quantitative estimate of drug-likeness (QED) is 0.170. The molecule has 0 unspecified atom stereocenters. The molecule has 6 rings (SSSR count). The summed E-state index contributed by atoms with van der Waals surface area (Å²) in [4.78, 5) is 20.3. The highest BCUT2D eigenvalue weighted by atomic mass is 32.2. The molecule has 2 aromatic heterocycles. The van der Waals surface area contributed by atoms with Crippen LogP contribution in [0.1, 0.15) is 33.9 Å². The summed E-state index contributed by atoms with van der Waals surface area (Å²) in [5.74, 6) is -0.170. The van der Waals surface area contributed by atoms with Crippen molar-refractivity contribution in [2.45, 2.75) is 31.2 Å². The van der Waals surface area contributed by atoms with Crippen molar-refractivity contribution in [1.29, 1.82) is 0 Å².